The molecule has 3 aromatic rings. The maximum absolute atomic E-state index is 14.0. The first-order valence-corrected chi connectivity index (χ1v) is 16.8. The van der Waals surface area contributed by atoms with Gasteiger partial charge in [0.15, 0.2) is 16.6 Å². The van der Waals surface area contributed by atoms with Gasteiger partial charge in [-0.15, -0.1) is 13.2 Å². The highest BCUT2D eigenvalue weighted by molar-refractivity contribution is 7.22. The Hall–Kier alpha value is -3.39. The molecule has 6 fully saturated rings. The molecule has 0 amide bonds. The highest BCUT2D eigenvalue weighted by atomic mass is 32.1. The topological polar surface area (TPSA) is 124 Å². The highest BCUT2D eigenvalue weighted by Gasteiger charge is 2.54. The summed E-state index contributed by atoms with van der Waals surface area (Å²) in [4.78, 5) is 32.2. The van der Waals surface area contributed by atoms with E-state index in [2.05, 4.69) is 19.8 Å². The molecular weight excluding hydrogens is 627 g/mol. The maximum Gasteiger partial charge on any atom is 0.573 e. The molecule has 0 unspecified atom stereocenters. The van der Waals surface area contributed by atoms with Crippen molar-refractivity contribution in [2.75, 3.05) is 12.0 Å². The van der Waals surface area contributed by atoms with Gasteiger partial charge in [0.05, 0.1) is 15.9 Å². The van der Waals surface area contributed by atoms with Gasteiger partial charge in [-0.3, -0.25) is 0 Å². The van der Waals surface area contributed by atoms with Gasteiger partial charge in [-0.2, -0.15) is 0 Å². The Morgan fingerprint density at radius 1 is 1.04 bits per heavy atom. The number of hydrogen-bond donors (Lipinski definition) is 1. The number of piperidine rings is 1. The third-order valence-electron chi connectivity index (χ3n) is 11.1. The number of carbonyl (C=O) groups excluding carboxylic acids is 1. The molecule has 6 aliphatic rings. The van der Waals surface area contributed by atoms with E-state index in [1.54, 1.807) is 7.11 Å². The number of carboxylic acids is 1. The number of fused-ring (bicyclic) bond motifs is 6. The average Bonchev–Trinajstić information content (AvgIpc) is 3.50. The third-order valence-corrected chi connectivity index (χ3v) is 12.1. The van der Waals surface area contributed by atoms with Crippen molar-refractivity contribution in [2.24, 2.45) is 0 Å². The van der Waals surface area contributed by atoms with Crippen molar-refractivity contribution < 1.29 is 46.6 Å². The van der Waals surface area contributed by atoms with Crippen LogP contribution in [0.3, 0.4) is 0 Å². The van der Waals surface area contributed by atoms with E-state index in [1.807, 2.05) is 0 Å². The molecule has 9 rings (SSSR count). The number of anilines is 1. The van der Waals surface area contributed by atoms with Gasteiger partial charge in [0, 0.05) is 43.4 Å². The van der Waals surface area contributed by atoms with Crippen LogP contribution in [-0.4, -0.2) is 64.4 Å². The molecule has 0 radical (unpaired) electrons. The number of aromatic nitrogens is 2. The second kappa shape index (κ2) is 10.6. The van der Waals surface area contributed by atoms with Crippen LogP contribution in [-0.2, 0) is 14.9 Å². The zero-order valence-electron chi connectivity index (χ0n) is 25.2. The summed E-state index contributed by atoms with van der Waals surface area (Å²) < 4.78 is 62.0. The fraction of sp³-hybridized carbons (Fsp3) is 0.625. The normalized spacial score (nSPS) is 30.6. The fourth-order valence-corrected chi connectivity index (χ4v) is 9.63. The molecule has 246 valence electrons. The number of benzene rings is 1. The number of carboxylic acid groups (broad SMARTS) is 1. The number of alkyl halides is 3. The summed E-state index contributed by atoms with van der Waals surface area (Å²) in [6, 6.07) is 2.10. The van der Waals surface area contributed by atoms with E-state index in [4.69, 9.17) is 14.0 Å². The largest absolute Gasteiger partial charge is 0.573 e. The van der Waals surface area contributed by atoms with Gasteiger partial charge in [-0.1, -0.05) is 16.5 Å². The van der Waals surface area contributed by atoms with Crippen molar-refractivity contribution >= 4 is 38.6 Å². The lowest BCUT2D eigenvalue weighted by Crippen LogP contribution is -2.50. The molecule has 10 nitrogen and oxygen atoms in total. The summed E-state index contributed by atoms with van der Waals surface area (Å²) in [7, 11) is 1.78. The van der Waals surface area contributed by atoms with Crippen LogP contribution in [0, 0.1) is 0 Å². The van der Waals surface area contributed by atoms with Crippen molar-refractivity contribution in [1.82, 2.24) is 10.1 Å². The maximum atomic E-state index is 14.0. The fourth-order valence-electron chi connectivity index (χ4n) is 8.47. The van der Waals surface area contributed by atoms with Crippen molar-refractivity contribution in [3.8, 4) is 5.75 Å². The molecule has 2 aromatic heterocycles. The minimum Gasteiger partial charge on any atom is -0.478 e. The Morgan fingerprint density at radius 2 is 1.72 bits per heavy atom. The standard InChI is InChI=1S/C32H34F3N3O7S/c1-42-31-9-6-30(7-10-31,8-11-31)26-23(25(45-37-26)16-2-3-16)28(41)43-20-14-18-4-5-19(15-20)38(18)29-36-24-21(44-32(33,34)35)12-17(27(39)40)13-22(24)46-29/h12-13,16,18-20H,2-11,14-15H2,1H3,(H,39,40)/t18-,19+,20+,30?,31?. The molecule has 4 saturated carbocycles. The van der Waals surface area contributed by atoms with Gasteiger partial charge in [-0.25, -0.2) is 14.6 Å². The van der Waals surface area contributed by atoms with Crippen molar-refractivity contribution in [2.45, 2.75) is 119 Å². The van der Waals surface area contributed by atoms with Crippen LogP contribution in [0.25, 0.3) is 10.2 Å². The van der Waals surface area contributed by atoms with Gasteiger partial charge >= 0.3 is 18.3 Å². The first-order valence-electron chi connectivity index (χ1n) is 15.9. The number of methoxy groups -OCH3 is 1. The lowest BCUT2D eigenvalue weighted by molar-refractivity contribution is -0.274. The molecule has 3 atom stereocenters. The lowest BCUT2D eigenvalue weighted by Gasteiger charge is -2.52. The molecule has 1 aromatic carbocycles. The first-order chi connectivity index (χ1) is 22.0. The van der Waals surface area contributed by atoms with E-state index >= 15 is 0 Å². The third kappa shape index (κ3) is 5.02. The van der Waals surface area contributed by atoms with Crippen LogP contribution >= 0.6 is 11.3 Å². The number of ether oxygens (including phenoxy) is 3. The predicted octanol–water partition coefficient (Wildman–Crippen LogP) is 7.11. The summed E-state index contributed by atoms with van der Waals surface area (Å²) >= 11 is 1.14. The van der Waals surface area contributed by atoms with Crippen LogP contribution in [0.2, 0.25) is 0 Å². The number of hydrogen-bond acceptors (Lipinski definition) is 10. The molecular formula is C32H34F3N3O7S. The number of halogens is 3. The Labute approximate surface area is 266 Å². The Bertz CT molecular complexity index is 1680. The molecule has 2 saturated heterocycles. The average molecular weight is 662 g/mol. The van der Waals surface area contributed by atoms with Crippen LogP contribution in [0.15, 0.2) is 16.7 Å². The summed E-state index contributed by atoms with van der Waals surface area (Å²) in [6.45, 7) is 0. The SMILES string of the molecule is COC12CCC(c3noc(C4CC4)c3C(=O)O[C@H]3C[C@H]4CC[C@@H](C3)N4c3nc4c(OC(F)(F)F)cc(C(=O)O)cc4s3)(CC1)CC2. The molecule has 46 heavy (non-hydrogen) atoms. The number of aromatic carboxylic acids is 1. The number of carbonyl (C=O) groups is 2. The highest BCUT2D eigenvalue weighted by Crippen LogP contribution is 2.56. The number of esters is 1. The van der Waals surface area contributed by atoms with Crippen LogP contribution in [0.4, 0.5) is 18.3 Å². The van der Waals surface area contributed by atoms with Crippen molar-refractivity contribution in [1.29, 1.82) is 0 Å². The molecule has 4 aliphatic carbocycles. The minimum absolute atomic E-state index is 0.0320. The number of rotatable bonds is 8. The first kappa shape index (κ1) is 30.0. The van der Waals surface area contributed by atoms with Gasteiger partial charge in [0.1, 0.15) is 22.9 Å². The molecule has 2 aliphatic heterocycles. The molecule has 0 spiro atoms. The van der Waals surface area contributed by atoms with E-state index in [0.29, 0.717) is 34.0 Å². The second-order valence-electron chi connectivity index (χ2n) is 13.7. The van der Waals surface area contributed by atoms with Crippen LogP contribution in [0.1, 0.15) is 115 Å². The molecule has 4 heterocycles. The lowest BCUT2D eigenvalue weighted by atomic mass is 9.57. The monoisotopic (exact) mass is 661 g/mol. The van der Waals surface area contributed by atoms with Gasteiger partial charge < -0.3 is 28.7 Å². The number of thiazole rings is 1. The Balaban J connectivity index is 1.03. The van der Waals surface area contributed by atoms with E-state index in [1.165, 1.54) is 6.07 Å². The van der Waals surface area contributed by atoms with Gasteiger partial charge in [-0.05, 0) is 76.3 Å². The number of nitrogens with zero attached hydrogens (tertiary/aromatic N) is 3. The zero-order valence-corrected chi connectivity index (χ0v) is 26.0. The summed E-state index contributed by atoms with van der Waals surface area (Å²) in [6.07, 6.45) is 4.78. The summed E-state index contributed by atoms with van der Waals surface area (Å²) in [5.41, 5.74) is 0.630. The van der Waals surface area contributed by atoms with E-state index in [9.17, 15) is 27.9 Å². The Kier molecular flexibility index (Phi) is 6.88. The van der Waals surface area contributed by atoms with E-state index in [0.717, 1.165) is 87.3 Å². The van der Waals surface area contributed by atoms with Crippen molar-refractivity contribution in [3.63, 3.8) is 0 Å². The zero-order chi connectivity index (χ0) is 32.0. The molecule has 14 heteroatoms. The van der Waals surface area contributed by atoms with Crippen LogP contribution in [0.5, 0.6) is 5.75 Å². The van der Waals surface area contributed by atoms with Gasteiger partial charge in [0.2, 0.25) is 0 Å². The molecule has 4 bridgehead atoms. The van der Waals surface area contributed by atoms with Crippen molar-refractivity contribution in [3.05, 3.63) is 34.7 Å². The quantitative estimate of drug-likeness (QED) is 0.250. The van der Waals surface area contributed by atoms with E-state index in [-0.39, 0.29) is 52.2 Å². The summed E-state index contributed by atoms with van der Waals surface area (Å²) in [5.74, 6) is -1.54. The molecule has 1 N–H and O–H groups in total. The Morgan fingerprint density at radius 3 is 2.30 bits per heavy atom. The minimum atomic E-state index is -5.00. The predicted molar refractivity (Wildman–Crippen MR) is 159 cm³/mol. The van der Waals surface area contributed by atoms with Gasteiger partial charge in [0.25, 0.3) is 0 Å². The van der Waals surface area contributed by atoms with E-state index < -0.39 is 18.1 Å². The van der Waals surface area contributed by atoms with Crippen LogP contribution < -0.4 is 9.64 Å². The smallest absolute Gasteiger partial charge is 0.478 e. The second-order valence-corrected chi connectivity index (χ2v) is 14.7. The summed E-state index contributed by atoms with van der Waals surface area (Å²) in [5, 5.41) is 14.5.